The van der Waals surface area contributed by atoms with Crippen molar-refractivity contribution in [2.45, 2.75) is 51.3 Å². The van der Waals surface area contributed by atoms with E-state index >= 15 is 0 Å². The normalized spacial score (nSPS) is 24.8. The van der Waals surface area contributed by atoms with Crippen molar-refractivity contribution in [1.29, 1.82) is 0 Å². The number of fused-ring (bicyclic) bond motifs is 1. The van der Waals surface area contributed by atoms with Gasteiger partial charge in [0.15, 0.2) is 17.4 Å². The van der Waals surface area contributed by atoms with Gasteiger partial charge in [-0.3, -0.25) is 9.39 Å². The number of nitrogens with zero attached hydrogens (tertiary/aromatic N) is 4. The Balaban J connectivity index is 1.37. The number of hydrogen-bond acceptors (Lipinski definition) is 4. The van der Waals surface area contributed by atoms with Crippen LogP contribution in [0.5, 0.6) is 0 Å². The zero-order valence-electron chi connectivity index (χ0n) is 14.9. The number of aliphatic imine (C=N–C) groups is 1. The van der Waals surface area contributed by atoms with Crippen LogP contribution in [0.15, 0.2) is 29.4 Å². The molecule has 0 radical (unpaired) electrons. The topological polar surface area (TPSA) is 75.8 Å². The quantitative estimate of drug-likeness (QED) is 0.639. The maximum atomic E-state index is 5.93. The van der Waals surface area contributed by atoms with Gasteiger partial charge >= 0.3 is 0 Å². The van der Waals surface area contributed by atoms with E-state index in [1.165, 1.54) is 19.3 Å². The van der Waals surface area contributed by atoms with Gasteiger partial charge in [-0.15, -0.1) is 10.2 Å². The molecule has 2 aliphatic rings. The number of rotatable bonds is 5. The highest BCUT2D eigenvalue weighted by Crippen LogP contribution is 2.57. The third-order valence-electron chi connectivity index (χ3n) is 5.77. The second-order valence-electron chi connectivity index (χ2n) is 6.93. The number of pyridine rings is 1. The van der Waals surface area contributed by atoms with Gasteiger partial charge in [-0.2, -0.15) is 0 Å². The SMILES string of the molecule is CCOC1CC(NC(=NC)NCc2nnc3ccccn23)C12CCC2. The van der Waals surface area contributed by atoms with Gasteiger partial charge in [0.25, 0.3) is 0 Å². The molecule has 2 saturated carbocycles. The first-order valence-electron chi connectivity index (χ1n) is 9.14. The van der Waals surface area contributed by atoms with Crippen molar-refractivity contribution in [1.82, 2.24) is 25.2 Å². The van der Waals surface area contributed by atoms with E-state index in [4.69, 9.17) is 4.74 Å². The van der Waals surface area contributed by atoms with E-state index in [1.54, 1.807) is 0 Å². The summed E-state index contributed by atoms with van der Waals surface area (Å²) in [5, 5.41) is 15.4. The molecule has 7 heteroatoms. The summed E-state index contributed by atoms with van der Waals surface area (Å²) in [4.78, 5) is 4.38. The van der Waals surface area contributed by atoms with Crippen LogP contribution in [0.3, 0.4) is 0 Å². The molecule has 0 bridgehead atoms. The Hall–Kier alpha value is -2.15. The lowest BCUT2D eigenvalue weighted by molar-refractivity contribution is -0.168. The standard InChI is InChI=1S/C18H26N6O/c1-3-25-14-11-13(18(14)8-6-9-18)21-17(19-2)20-12-16-23-22-15-7-4-5-10-24(15)16/h4-5,7,10,13-14H,3,6,8-9,11-12H2,1-2H3,(H2,19,20,21). The molecule has 2 N–H and O–H groups in total. The third-order valence-corrected chi connectivity index (χ3v) is 5.77. The van der Waals surface area contributed by atoms with Crippen molar-refractivity contribution in [2.24, 2.45) is 10.4 Å². The Morgan fingerprint density at radius 3 is 3.00 bits per heavy atom. The molecule has 0 aromatic carbocycles. The molecule has 25 heavy (non-hydrogen) atoms. The molecule has 2 aromatic rings. The Morgan fingerprint density at radius 1 is 1.40 bits per heavy atom. The molecule has 2 fully saturated rings. The molecule has 2 heterocycles. The second kappa shape index (κ2) is 6.63. The van der Waals surface area contributed by atoms with Crippen LogP contribution in [-0.4, -0.2) is 46.4 Å². The van der Waals surface area contributed by atoms with Gasteiger partial charge in [-0.05, 0) is 38.3 Å². The van der Waals surface area contributed by atoms with Gasteiger partial charge in [0, 0.05) is 31.3 Å². The number of guanidine groups is 1. The molecule has 2 aliphatic carbocycles. The molecular weight excluding hydrogens is 316 g/mol. The summed E-state index contributed by atoms with van der Waals surface area (Å²) in [5.41, 5.74) is 1.17. The van der Waals surface area contributed by atoms with Gasteiger partial charge < -0.3 is 15.4 Å². The first-order valence-corrected chi connectivity index (χ1v) is 9.14. The van der Waals surface area contributed by atoms with Crippen molar-refractivity contribution in [3.63, 3.8) is 0 Å². The lowest BCUT2D eigenvalue weighted by Gasteiger charge is -2.61. The van der Waals surface area contributed by atoms with E-state index < -0.39 is 0 Å². The molecule has 0 saturated heterocycles. The second-order valence-corrected chi connectivity index (χ2v) is 6.93. The van der Waals surface area contributed by atoms with Gasteiger partial charge in [0.05, 0.1) is 12.6 Å². The van der Waals surface area contributed by atoms with Crippen LogP contribution in [0.1, 0.15) is 38.4 Å². The van der Waals surface area contributed by atoms with Crippen molar-refractivity contribution in [3.8, 4) is 0 Å². The molecule has 7 nitrogen and oxygen atoms in total. The highest BCUT2D eigenvalue weighted by Gasteiger charge is 2.59. The molecule has 0 amide bonds. The van der Waals surface area contributed by atoms with E-state index in [9.17, 15) is 0 Å². The zero-order chi connectivity index (χ0) is 17.3. The maximum absolute atomic E-state index is 5.93. The molecular formula is C18H26N6O. The first-order chi connectivity index (χ1) is 12.3. The van der Waals surface area contributed by atoms with Gasteiger partial charge in [0.2, 0.25) is 0 Å². The molecule has 134 valence electrons. The van der Waals surface area contributed by atoms with E-state index in [2.05, 4.69) is 32.7 Å². The smallest absolute Gasteiger partial charge is 0.191 e. The average Bonchev–Trinajstić information content (AvgIpc) is 2.98. The van der Waals surface area contributed by atoms with E-state index in [0.717, 1.165) is 30.5 Å². The summed E-state index contributed by atoms with van der Waals surface area (Å²) in [6, 6.07) is 6.34. The lowest BCUT2D eigenvalue weighted by atomic mass is 9.51. The Morgan fingerprint density at radius 2 is 2.28 bits per heavy atom. The fourth-order valence-corrected chi connectivity index (χ4v) is 4.17. The van der Waals surface area contributed by atoms with Gasteiger partial charge in [-0.1, -0.05) is 12.5 Å². The highest BCUT2D eigenvalue weighted by atomic mass is 16.5. The van der Waals surface area contributed by atoms with Gasteiger partial charge in [-0.25, -0.2) is 0 Å². The molecule has 1 spiro atoms. The van der Waals surface area contributed by atoms with E-state index in [1.807, 2.05) is 35.8 Å². The van der Waals surface area contributed by atoms with Crippen molar-refractivity contribution in [3.05, 3.63) is 30.2 Å². The Bertz CT molecular complexity index is 766. The van der Waals surface area contributed by atoms with Crippen molar-refractivity contribution >= 4 is 11.6 Å². The van der Waals surface area contributed by atoms with E-state index in [0.29, 0.717) is 24.1 Å². The van der Waals surface area contributed by atoms with Crippen LogP contribution < -0.4 is 10.6 Å². The van der Waals surface area contributed by atoms with Gasteiger partial charge in [0.1, 0.15) is 0 Å². The van der Waals surface area contributed by atoms with Crippen LogP contribution in [-0.2, 0) is 11.3 Å². The van der Waals surface area contributed by atoms with Crippen molar-refractivity contribution in [2.75, 3.05) is 13.7 Å². The number of aromatic nitrogens is 3. The number of hydrogen-bond donors (Lipinski definition) is 2. The maximum Gasteiger partial charge on any atom is 0.191 e. The van der Waals surface area contributed by atoms with Crippen LogP contribution in [0.4, 0.5) is 0 Å². The summed E-state index contributed by atoms with van der Waals surface area (Å²) in [7, 11) is 1.81. The fourth-order valence-electron chi connectivity index (χ4n) is 4.17. The molecule has 2 unspecified atom stereocenters. The zero-order valence-corrected chi connectivity index (χ0v) is 14.9. The Kier molecular flexibility index (Phi) is 4.33. The summed E-state index contributed by atoms with van der Waals surface area (Å²) in [6.45, 7) is 3.46. The van der Waals surface area contributed by atoms with Crippen LogP contribution in [0.25, 0.3) is 5.65 Å². The predicted molar refractivity (Wildman–Crippen MR) is 96.4 cm³/mol. The summed E-state index contributed by atoms with van der Waals surface area (Å²) < 4.78 is 7.91. The number of nitrogens with one attached hydrogen (secondary N) is 2. The predicted octanol–water partition coefficient (Wildman–Crippen LogP) is 1.74. The third kappa shape index (κ3) is 2.76. The highest BCUT2D eigenvalue weighted by molar-refractivity contribution is 5.80. The minimum Gasteiger partial charge on any atom is -0.378 e. The minimum atomic E-state index is 0.315. The molecule has 4 rings (SSSR count). The van der Waals surface area contributed by atoms with Crippen LogP contribution in [0.2, 0.25) is 0 Å². The number of ether oxygens (including phenoxy) is 1. The first kappa shape index (κ1) is 16.3. The summed E-state index contributed by atoms with van der Waals surface area (Å²) in [6.07, 6.45) is 7.25. The average molecular weight is 342 g/mol. The Labute approximate surface area is 147 Å². The summed E-state index contributed by atoms with van der Waals surface area (Å²) >= 11 is 0. The van der Waals surface area contributed by atoms with Crippen molar-refractivity contribution < 1.29 is 4.74 Å². The van der Waals surface area contributed by atoms with Crippen LogP contribution in [0, 0.1) is 5.41 Å². The lowest BCUT2D eigenvalue weighted by Crippen LogP contribution is -2.68. The van der Waals surface area contributed by atoms with E-state index in [-0.39, 0.29) is 0 Å². The summed E-state index contributed by atoms with van der Waals surface area (Å²) in [5.74, 6) is 1.69. The molecule has 2 aromatic heterocycles. The monoisotopic (exact) mass is 342 g/mol. The fraction of sp³-hybridized carbons (Fsp3) is 0.611. The van der Waals surface area contributed by atoms with Crippen LogP contribution >= 0.6 is 0 Å². The minimum absolute atomic E-state index is 0.315. The largest absolute Gasteiger partial charge is 0.378 e. The molecule has 0 aliphatic heterocycles. The molecule has 2 atom stereocenters.